The SMILES string of the molecule is COc1cc(CNc2ccc(Cl)c(C(=O)O)c2)c(Cl)cc1OCc1ccc(F)cc1Cl. The predicted octanol–water partition coefficient (Wildman–Crippen LogP) is 6.68. The zero-order chi connectivity index (χ0) is 22.5. The zero-order valence-electron chi connectivity index (χ0n) is 16.2. The number of hydrogen-bond donors (Lipinski definition) is 2. The summed E-state index contributed by atoms with van der Waals surface area (Å²) in [5, 5.41) is 13.1. The maximum Gasteiger partial charge on any atom is 0.337 e. The fourth-order valence-corrected chi connectivity index (χ4v) is 3.42. The number of carbonyl (C=O) groups is 1. The third-order valence-electron chi connectivity index (χ3n) is 4.41. The van der Waals surface area contributed by atoms with Crippen LogP contribution in [0.3, 0.4) is 0 Å². The van der Waals surface area contributed by atoms with Gasteiger partial charge in [-0.15, -0.1) is 0 Å². The van der Waals surface area contributed by atoms with Gasteiger partial charge in [-0.1, -0.05) is 40.9 Å². The van der Waals surface area contributed by atoms with E-state index in [9.17, 15) is 14.3 Å². The Morgan fingerprint density at radius 3 is 2.39 bits per heavy atom. The van der Waals surface area contributed by atoms with Gasteiger partial charge >= 0.3 is 5.97 Å². The van der Waals surface area contributed by atoms with E-state index in [1.165, 1.54) is 31.4 Å². The largest absolute Gasteiger partial charge is 0.493 e. The lowest BCUT2D eigenvalue weighted by molar-refractivity contribution is 0.0697. The van der Waals surface area contributed by atoms with Crippen LogP contribution < -0.4 is 14.8 Å². The summed E-state index contributed by atoms with van der Waals surface area (Å²) in [4.78, 5) is 11.2. The molecule has 0 aliphatic heterocycles. The average molecular weight is 485 g/mol. The van der Waals surface area contributed by atoms with Crippen LogP contribution in [-0.2, 0) is 13.2 Å². The van der Waals surface area contributed by atoms with Crippen molar-refractivity contribution in [1.29, 1.82) is 0 Å². The van der Waals surface area contributed by atoms with E-state index >= 15 is 0 Å². The van der Waals surface area contributed by atoms with Gasteiger partial charge in [0.1, 0.15) is 12.4 Å². The lowest BCUT2D eigenvalue weighted by Crippen LogP contribution is -2.04. The van der Waals surface area contributed by atoms with Crippen molar-refractivity contribution in [2.24, 2.45) is 0 Å². The number of anilines is 1. The summed E-state index contributed by atoms with van der Waals surface area (Å²) in [6.07, 6.45) is 0. The van der Waals surface area contributed by atoms with Gasteiger partial charge in [0.15, 0.2) is 11.5 Å². The molecule has 0 atom stereocenters. The molecule has 0 unspecified atom stereocenters. The Balaban J connectivity index is 1.74. The molecule has 0 amide bonds. The standard InChI is InChI=1S/C22H17Cl3FNO4/c1-30-20-6-13(10-27-15-4-5-17(23)16(8-15)22(28)29)19(25)9-21(20)31-11-12-2-3-14(26)7-18(12)24/h2-9,27H,10-11H2,1H3,(H,28,29). The highest BCUT2D eigenvalue weighted by molar-refractivity contribution is 6.33. The van der Waals surface area contributed by atoms with Crippen LogP contribution in [0.1, 0.15) is 21.5 Å². The second-order valence-electron chi connectivity index (χ2n) is 6.47. The molecule has 31 heavy (non-hydrogen) atoms. The number of rotatable bonds is 8. The van der Waals surface area contributed by atoms with Gasteiger partial charge in [-0.2, -0.15) is 0 Å². The summed E-state index contributed by atoms with van der Waals surface area (Å²) in [5.41, 5.74) is 1.89. The third-order valence-corrected chi connectivity index (χ3v) is 5.44. The molecule has 0 bridgehead atoms. The van der Waals surface area contributed by atoms with Crippen molar-refractivity contribution in [3.63, 3.8) is 0 Å². The molecule has 0 spiro atoms. The van der Waals surface area contributed by atoms with E-state index in [4.69, 9.17) is 44.3 Å². The van der Waals surface area contributed by atoms with Crippen molar-refractivity contribution < 1.29 is 23.8 Å². The number of methoxy groups -OCH3 is 1. The summed E-state index contributed by atoms with van der Waals surface area (Å²) < 4.78 is 24.4. The van der Waals surface area contributed by atoms with Crippen LogP contribution in [-0.4, -0.2) is 18.2 Å². The van der Waals surface area contributed by atoms with Gasteiger partial charge in [0.25, 0.3) is 0 Å². The molecule has 5 nitrogen and oxygen atoms in total. The molecule has 0 aromatic heterocycles. The Labute approximate surface area is 193 Å². The van der Waals surface area contributed by atoms with E-state index in [0.29, 0.717) is 39.9 Å². The Hall–Kier alpha value is -2.67. The van der Waals surface area contributed by atoms with Gasteiger partial charge in [-0.05, 0) is 42.0 Å². The van der Waals surface area contributed by atoms with Gasteiger partial charge in [-0.25, -0.2) is 9.18 Å². The Morgan fingerprint density at radius 2 is 1.71 bits per heavy atom. The lowest BCUT2D eigenvalue weighted by Gasteiger charge is -2.15. The molecule has 9 heteroatoms. The van der Waals surface area contributed by atoms with Gasteiger partial charge in [-0.3, -0.25) is 0 Å². The van der Waals surface area contributed by atoms with E-state index in [1.807, 2.05) is 0 Å². The second kappa shape index (κ2) is 10.1. The Bertz CT molecular complexity index is 1120. The van der Waals surface area contributed by atoms with E-state index in [2.05, 4.69) is 5.32 Å². The van der Waals surface area contributed by atoms with Crippen LogP contribution >= 0.6 is 34.8 Å². The topological polar surface area (TPSA) is 67.8 Å². The molecule has 3 aromatic rings. The van der Waals surface area contributed by atoms with Crippen molar-refractivity contribution in [1.82, 2.24) is 0 Å². The number of aromatic carboxylic acids is 1. The minimum absolute atomic E-state index is 0.00135. The fourth-order valence-electron chi connectivity index (χ4n) is 2.78. The maximum atomic E-state index is 13.2. The monoisotopic (exact) mass is 483 g/mol. The van der Waals surface area contributed by atoms with Crippen LogP contribution in [0.4, 0.5) is 10.1 Å². The molecule has 162 valence electrons. The molecule has 3 aromatic carbocycles. The molecular formula is C22H17Cl3FNO4. The van der Waals surface area contributed by atoms with E-state index < -0.39 is 11.8 Å². The van der Waals surface area contributed by atoms with Gasteiger partial charge < -0.3 is 19.9 Å². The van der Waals surface area contributed by atoms with Crippen LogP contribution in [0.5, 0.6) is 11.5 Å². The molecule has 2 N–H and O–H groups in total. The Morgan fingerprint density at radius 1 is 0.968 bits per heavy atom. The molecule has 3 rings (SSSR count). The summed E-state index contributed by atoms with van der Waals surface area (Å²) in [7, 11) is 1.50. The van der Waals surface area contributed by atoms with E-state index in [-0.39, 0.29) is 22.2 Å². The number of halogens is 4. The second-order valence-corrected chi connectivity index (χ2v) is 7.69. The van der Waals surface area contributed by atoms with Gasteiger partial charge in [0, 0.05) is 28.9 Å². The molecule has 0 radical (unpaired) electrons. The van der Waals surface area contributed by atoms with Crippen molar-refractivity contribution in [3.8, 4) is 11.5 Å². The highest BCUT2D eigenvalue weighted by Crippen LogP contribution is 2.35. The van der Waals surface area contributed by atoms with E-state index in [0.717, 1.165) is 0 Å². The predicted molar refractivity (Wildman–Crippen MR) is 119 cm³/mol. The number of ether oxygens (including phenoxy) is 2. The summed E-state index contributed by atoms with van der Waals surface area (Å²) >= 11 is 18.3. The molecule has 0 saturated carbocycles. The van der Waals surface area contributed by atoms with Crippen LogP contribution in [0.25, 0.3) is 0 Å². The highest BCUT2D eigenvalue weighted by atomic mass is 35.5. The molecule has 0 aliphatic rings. The number of carboxylic acids is 1. The van der Waals surface area contributed by atoms with Crippen LogP contribution in [0.15, 0.2) is 48.5 Å². The van der Waals surface area contributed by atoms with Crippen molar-refractivity contribution in [3.05, 3.63) is 86.1 Å². The van der Waals surface area contributed by atoms with Crippen LogP contribution in [0.2, 0.25) is 15.1 Å². The van der Waals surface area contributed by atoms with E-state index in [1.54, 1.807) is 24.3 Å². The molecule has 0 saturated heterocycles. The fraction of sp³-hybridized carbons (Fsp3) is 0.136. The van der Waals surface area contributed by atoms with Crippen molar-refractivity contribution >= 4 is 46.5 Å². The number of benzene rings is 3. The lowest BCUT2D eigenvalue weighted by atomic mass is 10.1. The first-order valence-corrected chi connectivity index (χ1v) is 10.1. The smallest absolute Gasteiger partial charge is 0.337 e. The zero-order valence-corrected chi connectivity index (χ0v) is 18.5. The maximum absolute atomic E-state index is 13.2. The number of hydrogen-bond acceptors (Lipinski definition) is 4. The number of carboxylic acid groups (broad SMARTS) is 1. The first-order chi connectivity index (χ1) is 14.8. The highest BCUT2D eigenvalue weighted by Gasteiger charge is 2.13. The first-order valence-electron chi connectivity index (χ1n) is 8.98. The molecular weight excluding hydrogens is 468 g/mol. The summed E-state index contributed by atoms with van der Waals surface area (Å²) in [6, 6.07) is 12.0. The average Bonchev–Trinajstić information content (AvgIpc) is 2.73. The quantitative estimate of drug-likeness (QED) is 0.373. The van der Waals surface area contributed by atoms with Crippen molar-refractivity contribution in [2.45, 2.75) is 13.2 Å². The summed E-state index contributed by atoms with van der Waals surface area (Å²) in [6.45, 7) is 0.409. The summed E-state index contributed by atoms with van der Waals surface area (Å²) in [5.74, 6) is -0.698. The third kappa shape index (κ3) is 5.73. The number of nitrogens with one attached hydrogen (secondary N) is 1. The minimum atomic E-state index is -1.11. The minimum Gasteiger partial charge on any atom is -0.493 e. The molecule has 0 heterocycles. The van der Waals surface area contributed by atoms with Crippen LogP contribution in [0, 0.1) is 5.82 Å². The molecule has 0 aliphatic carbocycles. The Kier molecular flexibility index (Phi) is 7.49. The van der Waals surface area contributed by atoms with Gasteiger partial charge in [0.2, 0.25) is 0 Å². The normalized spacial score (nSPS) is 10.6. The molecule has 0 fully saturated rings. The van der Waals surface area contributed by atoms with Gasteiger partial charge in [0.05, 0.1) is 22.7 Å². The first kappa shape index (κ1) is 23.0. The van der Waals surface area contributed by atoms with Crippen molar-refractivity contribution in [2.75, 3.05) is 12.4 Å².